The van der Waals surface area contributed by atoms with Gasteiger partial charge in [0.1, 0.15) is 0 Å². The zero-order valence-corrected chi connectivity index (χ0v) is 10.4. The van der Waals surface area contributed by atoms with Gasteiger partial charge in [-0.05, 0) is 28.8 Å². The third kappa shape index (κ3) is 2.91. The topological polar surface area (TPSA) is 68.3 Å². The van der Waals surface area contributed by atoms with Crippen LogP contribution in [0.15, 0.2) is 41.0 Å². The summed E-state index contributed by atoms with van der Waals surface area (Å²) in [5.41, 5.74) is 7.91. The maximum Gasteiger partial charge on any atom is 0.256 e. The van der Waals surface area contributed by atoms with Crippen LogP contribution in [0.4, 0.5) is 0 Å². The number of rotatable bonds is 4. The number of halogens is 1. The van der Waals surface area contributed by atoms with Crippen molar-refractivity contribution < 1.29 is 9.21 Å². The van der Waals surface area contributed by atoms with Gasteiger partial charge in [0.15, 0.2) is 0 Å². The minimum absolute atomic E-state index is 0.103. The van der Waals surface area contributed by atoms with Crippen LogP contribution in [0.2, 0.25) is 5.22 Å². The quantitative estimate of drug-likeness (QED) is 0.890. The zero-order chi connectivity index (χ0) is 13.0. The van der Waals surface area contributed by atoms with Crippen molar-refractivity contribution >= 4 is 17.5 Å². The second-order valence-corrected chi connectivity index (χ2v) is 4.15. The Hall–Kier alpha value is -1.78. The van der Waals surface area contributed by atoms with Crippen LogP contribution in [0.25, 0.3) is 0 Å². The average Bonchev–Trinajstić information content (AvgIpc) is 2.83. The molecule has 2 rings (SSSR count). The molecule has 0 aliphatic rings. The molecule has 18 heavy (non-hydrogen) atoms. The van der Waals surface area contributed by atoms with Crippen LogP contribution in [0.1, 0.15) is 21.5 Å². The average molecular weight is 265 g/mol. The Morgan fingerprint density at radius 3 is 2.44 bits per heavy atom. The van der Waals surface area contributed by atoms with Crippen LogP contribution in [0.3, 0.4) is 0 Å². The first-order chi connectivity index (χ1) is 8.70. The SMILES string of the molecule is NCc1ccc(CNC(=O)c2ccoc2Cl)cc1. The number of nitrogens with two attached hydrogens (primary N) is 1. The summed E-state index contributed by atoms with van der Waals surface area (Å²) in [6, 6.07) is 9.27. The van der Waals surface area contributed by atoms with Crippen LogP contribution < -0.4 is 11.1 Å². The third-order valence-electron chi connectivity index (χ3n) is 2.57. The fourth-order valence-electron chi connectivity index (χ4n) is 1.53. The number of nitrogens with one attached hydrogen (secondary N) is 1. The molecule has 0 fully saturated rings. The Morgan fingerprint density at radius 1 is 1.22 bits per heavy atom. The lowest BCUT2D eigenvalue weighted by molar-refractivity contribution is 0.0950. The summed E-state index contributed by atoms with van der Waals surface area (Å²) in [5, 5.41) is 2.87. The molecule has 1 heterocycles. The summed E-state index contributed by atoms with van der Waals surface area (Å²) in [6.07, 6.45) is 1.38. The first-order valence-electron chi connectivity index (χ1n) is 5.50. The van der Waals surface area contributed by atoms with E-state index in [4.69, 9.17) is 21.8 Å². The second-order valence-electron chi connectivity index (χ2n) is 3.81. The number of hydrogen-bond donors (Lipinski definition) is 2. The second kappa shape index (κ2) is 5.71. The van der Waals surface area contributed by atoms with E-state index in [2.05, 4.69) is 5.32 Å². The molecule has 5 heteroatoms. The zero-order valence-electron chi connectivity index (χ0n) is 9.65. The van der Waals surface area contributed by atoms with E-state index in [0.29, 0.717) is 18.7 Å². The van der Waals surface area contributed by atoms with Crippen LogP contribution in [0, 0.1) is 0 Å². The fourth-order valence-corrected chi connectivity index (χ4v) is 1.73. The normalized spacial score (nSPS) is 10.3. The molecule has 0 spiro atoms. The van der Waals surface area contributed by atoms with Gasteiger partial charge in [0.05, 0.1) is 11.8 Å². The molecular weight excluding hydrogens is 252 g/mol. The lowest BCUT2D eigenvalue weighted by atomic mass is 10.1. The third-order valence-corrected chi connectivity index (χ3v) is 2.87. The minimum atomic E-state index is -0.253. The van der Waals surface area contributed by atoms with Gasteiger partial charge in [-0.3, -0.25) is 4.79 Å². The summed E-state index contributed by atoms with van der Waals surface area (Å²) in [7, 11) is 0. The van der Waals surface area contributed by atoms with E-state index >= 15 is 0 Å². The van der Waals surface area contributed by atoms with Crippen molar-refractivity contribution in [1.82, 2.24) is 5.32 Å². The summed E-state index contributed by atoms with van der Waals surface area (Å²) >= 11 is 5.71. The van der Waals surface area contributed by atoms with Gasteiger partial charge < -0.3 is 15.5 Å². The molecule has 0 unspecified atom stereocenters. The highest BCUT2D eigenvalue weighted by molar-refractivity contribution is 6.32. The molecule has 0 radical (unpaired) electrons. The lowest BCUT2D eigenvalue weighted by Gasteiger charge is -2.05. The van der Waals surface area contributed by atoms with E-state index in [1.165, 1.54) is 12.3 Å². The first-order valence-corrected chi connectivity index (χ1v) is 5.87. The Kier molecular flexibility index (Phi) is 4.02. The smallest absolute Gasteiger partial charge is 0.256 e. The molecule has 0 aliphatic carbocycles. The molecule has 1 amide bonds. The van der Waals surface area contributed by atoms with Crippen LogP contribution >= 0.6 is 11.6 Å². The lowest BCUT2D eigenvalue weighted by Crippen LogP contribution is -2.22. The molecule has 3 N–H and O–H groups in total. The van der Waals surface area contributed by atoms with Gasteiger partial charge in [-0.15, -0.1) is 0 Å². The number of carbonyl (C=O) groups is 1. The van der Waals surface area contributed by atoms with E-state index in [-0.39, 0.29) is 11.1 Å². The molecular formula is C13H13ClN2O2. The summed E-state index contributed by atoms with van der Waals surface area (Å²) in [5.74, 6) is -0.253. The maximum absolute atomic E-state index is 11.7. The molecule has 0 saturated heterocycles. The molecule has 1 aromatic carbocycles. The highest BCUT2D eigenvalue weighted by Crippen LogP contribution is 2.16. The van der Waals surface area contributed by atoms with E-state index < -0.39 is 0 Å². The van der Waals surface area contributed by atoms with Crippen molar-refractivity contribution in [3.8, 4) is 0 Å². The Bertz CT molecular complexity index is 534. The van der Waals surface area contributed by atoms with Gasteiger partial charge in [-0.25, -0.2) is 0 Å². The van der Waals surface area contributed by atoms with Gasteiger partial charge in [0.25, 0.3) is 5.91 Å². The number of carbonyl (C=O) groups excluding carboxylic acids is 1. The van der Waals surface area contributed by atoms with Crippen molar-refractivity contribution in [2.24, 2.45) is 5.73 Å². The number of furan rings is 1. The van der Waals surface area contributed by atoms with Crippen molar-refractivity contribution in [3.05, 3.63) is 58.5 Å². The highest BCUT2D eigenvalue weighted by atomic mass is 35.5. The van der Waals surface area contributed by atoms with E-state index in [9.17, 15) is 4.79 Å². The van der Waals surface area contributed by atoms with E-state index in [1.807, 2.05) is 24.3 Å². The number of hydrogen-bond acceptors (Lipinski definition) is 3. The summed E-state index contributed by atoms with van der Waals surface area (Å²) < 4.78 is 4.86. The largest absolute Gasteiger partial charge is 0.452 e. The number of benzene rings is 1. The monoisotopic (exact) mass is 264 g/mol. The Balaban J connectivity index is 1.95. The molecule has 2 aromatic rings. The molecule has 4 nitrogen and oxygen atoms in total. The fraction of sp³-hybridized carbons (Fsp3) is 0.154. The Morgan fingerprint density at radius 2 is 1.89 bits per heavy atom. The van der Waals surface area contributed by atoms with Crippen molar-refractivity contribution in [2.75, 3.05) is 0 Å². The predicted octanol–water partition coefficient (Wildman–Crippen LogP) is 2.32. The molecule has 0 aliphatic heterocycles. The van der Waals surface area contributed by atoms with Gasteiger partial charge >= 0.3 is 0 Å². The predicted molar refractivity (Wildman–Crippen MR) is 69.2 cm³/mol. The highest BCUT2D eigenvalue weighted by Gasteiger charge is 2.12. The van der Waals surface area contributed by atoms with Crippen LogP contribution in [0.5, 0.6) is 0 Å². The van der Waals surface area contributed by atoms with E-state index in [0.717, 1.165) is 11.1 Å². The molecule has 0 atom stereocenters. The van der Waals surface area contributed by atoms with Gasteiger partial charge in [-0.1, -0.05) is 24.3 Å². The maximum atomic E-state index is 11.7. The molecule has 0 saturated carbocycles. The summed E-state index contributed by atoms with van der Waals surface area (Å²) in [4.78, 5) is 11.7. The van der Waals surface area contributed by atoms with Gasteiger partial charge in [-0.2, -0.15) is 0 Å². The van der Waals surface area contributed by atoms with Gasteiger partial charge in [0.2, 0.25) is 5.22 Å². The van der Waals surface area contributed by atoms with E-state index in [1.54, 1.807) is 0 Å². The molecule has 1 aromatic heterocycles. The van der Waals surface area contributed by atoms with Crippen molar-refractivity contribution in [2.45, 2.75) is 13.1 Å². The first kappa shape index (κ1) is 12.7. The Labute approximate surface area is 110 Å². The standard InChI is InChI=1S/C13H13ClN2O2/c14-12-11(5-6-18-12)13(17)16-8-10-3-1-9(7-15)2-4-10/h1-6H,7-8,15H2,(H,16,17). The van der Waals surface area contributed by atoms with Crippen molar-refractivity contribution in [3.63, 3.8) is 0 Å². The van der Waals surface area contributed by atoms with Crippen molar-refractivity contribution in [1.29, 1.82) is 0 Å². The van der Waals surface area contributed by atoms with Gasteiger partial charge in [0, 0.05) is 13.1 Å². The number of amides is 1. The van der Waals surface area contributed by atoms with Crippen LogP contribution in [-0.2, 0) is 13.1 Å². The van der Waals surface area contributed by atoms with Crippen LogP contribution in [-0.4, -0.2) is 5.91 Å². The minimum Gasteiger partial charge on any atom is -0.452 e. The molecule has 0 bridgehead atoms. The molecule has 94 valence electrons. The summed E-state index contributed by atoms with van der Waals surface area (Å²) in [6.45, 7) is 0.947.